The van der Waals surface area contributed by atoms with Crippen molar-refractivity contribution in [2.24, 2.45) is 0 Å². The molecule has 0 fully saturated rings. The van der Waals surface area contributed by atoms with E-state index < -0.39 is 20.0 Å². The Morgan fingerprint density at radius 3 is 2.62 bits per heavy atom. The van der Waals surface area contributed by atoms with Crippen molar-refractivity contribution in [1.29, 1.82) is 0 Å². The molecule has 0 saturated heterocycles. The van der Waals surface area contributed by atoms with Crippen LogP contribution in [0.15, 0.2) is 48.0 Å². The minimum absolute atomic E-state index is 0.0310. The molecule has 2 heterocycles. The number of allylic oxidation sites excluding steroid dienone is 4. The van der Waals surface area contributed by atoms with E-state index in [0.29, 0.717) is 5.70 Å². The number of fused-ring (bicyclic) bond motifs is 1. The van der Waals surface area contributed by atoms with Gasteiger partial charge < -0.3 is 4.90 Å². The summed E-state index contributed by atoms with van der Waals surface area (Å²) >= 11 is 0. The molecule has 134 valence electrons. The molecule has 24 heavy (non-hydrogen) atoms. The Morgan fingerprint density at radius 1 is 1.21 bits per heavy atom. The fraction of sp³-hybridized carbons (Fsp3) is 0.467. The first kappa shape index (κ1) is 18.8. The maximum atomic E-state index is 12.4. The predicted octanol–water partition coefficient (Wildman–Crippen LogP) is 0.744. The van der Waals surface area contributed by atoms with Gasteiger partial charge in [0, 0.05) is 31.5 Å². The zero-order valence-electron chi connectivity index (χ0n) is 13.8. The minimum Gasteiger partial charge on any atom is -0.344 e. The third-order valence-electron chi connectivity index (χ3n) is 3.76. The number of rotatable bonds is 8. The molecule has 2 aliphatic heterocycles. The van der Waals surface area contributed by atoms with Gasteiger partial charge in [-0.25, -0.2) is 21.6 Å². The third kappa shape index (κ3) is 4.49. The van der Waals surface area contributed by atoms with Gasteiger partial charge in [-0.3, -0.25) is 4.31 Å². The van der Waals surface area contributed by atoms with Gasteiger partial charge in [0.15, 0.2) is 0 Å². The van der Waals surface area contributed by atoms with Gasteiger partial charge in [-0.2, -0.15) is 0 Å². The first-order valence-corrected chi connectivity index (χ1v) is 11.1. The lowest BCUT2D eigenvalue weighted by Crippen LogP contribution is -2.39. The lowest BCUT2D eigenvalue weighted by molar-refractivity contribution is 0.467. The summed E-state index contributed by atoms with van der Waals surface area (Å²) in [6.45, 7) is 3.92. The first-order valence-electron chi connectivity index (χ1n) is 7.80. The zero-order valence-corrected chi connectivity index (χ0v) is 15.5. The minimum atomic E-state index is -3.51. The molecule has 7 nitrogen and oxygen atoms in total. The van der Waals surface area contributed by atoms with Crippen LogP contribution < -0.4 is 4.72 Å². The fourth-order valence-corrected chi connectivity index (χ4v) is 4.05. The van der Waals surface area contributed by atoms with E-state index in [-0.39, 0.29) is 24.6 Å². The smallest absolute Gasteiger partial charge is 0.234 e. The SMILES string of the molecule is CCS(=O)(=O)NCCN(C1=CC2=CC=CCN2C=C1)S(=O)(=O)CC. The molecule has 0 unspecified atom stereocenters. The Kier molecular flexibility index (Phi) is 5.89. The Balaban J connectivity index is 2.21. The summed E-state index contributed by atoms with van der Waals surface area (Å²) < 4.78 is 51.6. The van der Waals surface area contributed by atoms with Crippen LogP contribution in [0, 0.1) is 0 Å². The monoisotopic (exact) mass is 373 g/mol. The van der Waals surface area contributed by atoms with Crippen LogP contribution in [-0.2, 0) is 20.0 Å². The maximum absolute atomic E-state index is 12.4. The summed E-state index contributed by atoms with van der Waals surface area (Å²) in [7, 11) is -6.86. The van der Waals surface area contributed by atoms with Crippen molar-refractivity contribution < 1.29 is 16.8 Å². The van der Waals surface area contributed by atoms with Gasteiger partial charge in [0.2, 0.25) is 20.0 Å². The van der Waals surface area contributed by atoms with Gasteiger partial charge in [0.1, 0.15) is 0 Å². The largest absolute Gasteiger partial charge is 0.344 e. The van der Waals surface area contributed by atoms with Crippen LogP contribution in [-0.4, -0.2) is 57.2 Å². The summed E-state index contributed by atoms with van der Waals surface area (Å²) in [5, 5.41) is 0. The lowest BCUT2D eigenvalue weighted by Gasteiger charge is -2.31. The number of sulfonamides is 2. The third-order valence-corrected chi connectivity index (χ3v) is 6.96. The Bertz CT molecular complexity index is 793. The van der Waals surface area contributed by atoms with Crippen molar-refractivity contribution in [3.05, 3.63) is 48.0 Å². The summed E-state index contributed by atoms with van der Waals surface area (Å²) in [4.78, 5) is 2.00. The lowest BCUT2D eigenvalue weighted by atomic mass is 10.1. The molecule has 9 heteroatoms. The molecule has 0 aromatic rings. The maximum Gasteiger partial charge on any atom is 0.234 e. The van der Waals surface area contributed by atoms with Gasteiger partial charge >= 0.3 is 0 Å². The number of hydrogen-bond donors (Lipinski definition) is 1. The van der Waals surface area contributed by atoms with E-state index in [1.807, 2.05) is 29.3 Å². The van der Waals surface area contributed by atoms with Crippen LogP contribution in [0.5, 0.6) is 0 Å². The van der Waals surface area contributed by atoms with Crippen molar-refractivity contribution >= 4 is 20.0 Å². The highest BCUT2D eigenvalue weighted by molar-refractivity contribution is 7.89. The summed E-state index contributed by atoms with van der Waals surface area (Å²) in [6, 6.07) is 0. The Labute approximate surface area is 144 Å². The second kappa shape index (κ2) is 7.54. The molecule has 0 saturated carbocycles. The van der Waals surface area contributed by atoms with Crippen LogP contribution in [0.1, 0.15) is 13.8 Å². The highest BCUT2D eigenvalue weighted by Crippen LogP contribution is 2.23. The van der Waals surface area contributed by atoms with Gasteiger partial charge in [-0.05, 0) is 32.1 Å². The van der Waals surface area contributed by atoms with E-state index in [0.717, 1.165) is 12.2 Å². The van der Waals surface area contributed by atoms with E-state index in [1.165, 1.54) is 11.2 Å². The van der Waals surface area contributed by atoms with Crippen LogP contribution in [0.4, 0.5) is 0 Å². The van der Waals surface area contributed by atoms with Crippen molar-refractivity contribution in [2.75, 3.05) is 31.1 Å². The first-order chi connectivity index (χ1) is 11.3. The van der Waals surface area contributed by atoms with Crippen molar-refractivity contribution in [3.8, 4) is 0 Å². The van der Waals surface area contributed by atoms with E-state index in [2.05, 4.69) is 4.72 Å². The normalized spacial score (nSPS) is 17.3. The van der Waals surface area contributed by atoms with Crippen LogP contribution in [0.25, 0.3) is 0 Å². The molecule has 0 atom stereocenters. The van der Waals surface area contributed by atoms with E-state index in [4.69, 9.17) is 0 Å². The molecule has 0 spiro atoms. The van der Waals surface area contributed by atoms with Gasteiger partial charge in [-0.15, -0.1) is 0 Å². The molecule has 2 rings (SSSR count). The number of hydrogen-bond acceptors (Lipinski definition) is 5. The molecule has 0 aliphatic carbocycles. The van der Waals surface area contributed by atoms with Crippen LogP contribution >= 0.6 is 0 Å². The molecule has 2 aliphatic rings. The Hall–Kier alpha value is -1.58. The van der Waals surface area contributed by atoms with Crippen LogP contribution in [0.3, 0.4) is 0 Å². The highest BCUT2D eigenvalue weighted by Gasteiger charge is 2.24. The average Bonchev–Trinajstić information content (AvgIpc) is 2.58. The molecule has 0 bridgehead atoms. The van der Waals surface area contributed by atoms with E-state index in [9.17, 15) is 16.8 Å². The summed E-state index contributed by atoms with van der Waals surface area (Å²) in [5.41, 5.74) is 1.44. The molecule has 0 radical (unpaired) electrons. The fourth-order valence-electron chi connectivity index (χ4n) is 2.33. The van der Waals surface area contributed by atoms with E-state index in [1.54, 1.807) is 19.1 Å². The topological polar surface area (TPSA) is 86.8 Å². The predicted molar refractivity (Wildman–Crippen MR) is 94.8 cm³/mol. The van der Waals surface area contributed by atoms with Crippen LogP contribution in [0.2, 0.25) is 0 Å². The summed E-state index contributed by atoms with van der Waals surface area (Å²) in [5.74, 6) is -0.0916. The van der Waals surface area contributed by atoms with Gasteiger partial charge in [-0.1, -0.05) is 12.2 Å². The molecular formula is C15H23N3O4S2. The zero-order chi connectivity index (χ0) is 17.8. The van der Waals surface area contributed by atoms with Crippen molar-refractivity contribution in [2.45, 2.75) is 13.8 Å². The number of nitrogens with zero attached hydrogens (tertiary/aromatic N) is 2. The van der Waals surface area contributed by atoms with E-state index >= 15 is 0 Å². The number of nitrogens with one attached hydrogen (secondary N) is 1. The second-order valence-electron chi connectivity index (χ2n) is 5.33. The summed E-state index contributed by atoms with van der Waals surface area (Å²) in [6.07, 6.45) is 11.2. The molecular weight excluding hydrogens is 350 g/mol. The molecule has 0 amide bonds. The quantitative estimate of drug-likeness (QED) is 0.678. The molecule has 0 aromatic heterocycles. The van der Waals surface area contributed by atoms with Gasteiger partial charge in [0.25, 0.3) is 0 Å². The average molecular weight is 374 g/mol. The molecule has 0 aromatic carbocycles. The Morgan fingerprint density at radius 2 is 1.96 bits per heavy atom. The standard InChI is InChI=1S/C15H23N3O4S2/c1-3-23(19,20)16-9-12-18(24(21,22)4-2)15-8-11-17-10-6-5-7-14(17)13-15/h5-8,11,13,16H,3-4,9-10,12H2,1-2H3. The van der Waals surface area contributed by atoms with Crippen molar-refractivity contribution in [1.82, 2.24) is 13.9 Å². The highest BCUT2D eigenvalue weighted by atomic mass is 32.2. The van der Waals surface area contributed by atoms with Crippen molar-refractivity contribution in [3.63, 3.8) is 0 Å². The van der Waals surface area contributed by atoms with Gasteiger partial charge in [0.05, 0.1) is 17.2 Å². The molecule has 1 N–H and O–H groups in total. The second-order valence-corrected chi connectivity index (χ2v) is 9.60.